The summed E-state index contributed by atoms with van der Waals surface area (Å²) in [6, 6.07) is 6.95. The van der Waals surface area contributed by atoms with Gasteiger partial charge in [-0.05, 0) is 81.5 Å². The smallest absolute Gasteiger partial charge is 0.228 e. The lowest BCUT2D eigenvalue weighted by Gasteiger charge is -2.23. The Hall–Kier alpha value is -4.24. The molecule has 2 aromatic rings. The van der Waals surface area contributed by atoms with Crippen LogP contribution in [0.2, 0.25) is 0 Å². The minimum Gasteiger partial charge on any atom is -0.748 e. The van der Waals surface area contributed by atoms with E-state index in [9.17, 15) is 49.1 Å². The highest BCUT2D eigenvalue weighted by Crippen LogP contribution is 2.55. The second-order valence-corrected chi connectivity index (χ2v) is 18.4. The summed E-state index contributed by atoms with van der Waals surface area (Å²) in [5.41, 5.74) is 4.35. The van der Waals surface area contributed by atoms with Crippen molar-refractivity contribution in [2.45, 2.75) is 56.5 Å². The Morgan fingerprint density at radius 2 is 1.67 bits per heavy atom. The molecule has 1 saturated carbocycles. The molecule has 2 N–H and O–H groups in total. The second-order valence-electron chi connectivity index (χ2n) is 14.0. The average Bonchev–Trinajstić information content (AvgIpc) is 3.71. The molecule has 290 valence electrons. The number of nitrogens with zero attached hydrogens (tertiary/aromatic N) is 4. The van der Waals surface area contributed by atoms with Crippen LogP contribution in [0.15, 0.2) is 95.5 Å². The number of ether oxygens (including phenoxy) is 1. The molecule has 19 heteroatoms. The summed E-state index contributed by atoms with van der Waals surface area (Å²) in [6.07, 6.45) is 11.9. The standard InChI is InChI=1S/C35H40N4O12S3/c1-34-13-11-23(32(34)38(19-25(40)21-53(45,46)47)28-5-3-15-36-30(28)34)7-9-27(51-17-18-52(42,43)44)10-8-24-12-14-35(2)31-29(6-4-16-37-31)39(33(24)35)20-26(41)22-54(48,49)50/h3-10,15-16,19,26,41H,11-14,17-18,20-22H2,1-2H3,(H3-,40,42,43,44,45,46,47,48,49,50)/p-2/b25-19+. The molecular formula is C35H38N4O12S3-2. The van der Waals surface area contributed by atoms with Crippen LogP contribution >= 0.6 is 0 Å². The number of allylic oxidation sites excluding steroid dienone is 7. The lowest BCUT2D eigenvalue weighted by molar-refractivity contribution is -0.448. The molecular weight excluding hydrogens is 765 g/mol. The van der Waals surface area contributed by atoms with Crippen molar-refractivity contribution in [1.29, 1.82) is 0 Å². The van der Waals surface area contributed by atoms with Gasteiger partial charge in [0.1, 0.15) is 45.5 Å². The van der Waals surface area contributed by atoms with Gasteiger partial charge in [0, 0.05) is 35.9 Å². The van der Waals surface area contributed by atoms with Crippen molar-refractivity contribution in [3.8, 4) is 0 Å². The van der Waals surface area contributed by atoms with Crippen molar-refractivity contribution in [3.05, 3.63) is 107 Å². The first kappa shape index (κ1) is 39.5. The molecule has 0 radical (unpaired) electrons. The van der Waals surface area contributed by atoms with Crippen LogP contribution in [0.25, 0.3) is 0 Å². The largest absolute Gasteiger partial charge is 0.748 e. The van der Waals surface area contributed by atoms with Gasteiger partial charge in [-0.25, -0.2) is 25.3 Å². The molecule has 0 bridgehead atoms. The Bertz CT molecular complexity index is 2400. The van der Waals surface area contributed by atoms with Gasteiger partial charge in [0.15, 0.2) is 12.3 Å². The summed E-state index contributed by atoms with van der Waals surface area (Å²) >= 11 is 0. The normalized spacial score (nSPS) is 24.4. The first-order valence-corrected chi connectivity index (χ1v) is 21.6. The number of aliphatic hydroxyl groups excluding tert-OH is 2. The van der Waals surface area contributed by atoms with Gasteiger partial charge in [0.25, 0.3) is 0 Å². The zero-order valence-electron chi connectivity index (χ0n) is 29.3. The molecule has 0 spiro atoms. The van der Waals surface area contributed by atoms with E-state index >= 15 is 0 Å². The number of β-amino-alcohol motifs (C(OH)–C–C–N with tert-alkyl or cyclic N) is 1. The second kappa shape index (κ2) is 14.4. The van der Waals surface area contributed by atoms with E-state index in [0.717, 1.165) is 22.6 Å². The van der Waals surface area contributed by atoms with Crippen molar-refractivity contribution in [3.63, 3.8) is 0 Å². The molecule has 1 fully saturated rings. The number of aliphatic hydroxyl groups is 2. The van der Waals surface area contributed by atoms with Gasteiger partial charge in [-0.15, -0.1) is 0 Å². The molecule has 16 nitrogen and oxygen atoms in total. The lowest BCUT2D eigenvalue weighted by Crippen LogP contribution is -2.33. The van der Waals surface area contributed by atoms with E-state index < -0.39 is 76.9 Å². The minimum atomic E-state index is -4.78. The van der Waals surface area contributed by atoms with Crippen LogP contribution in [0.5, 0.6) is 0 Å². The fourth-order valence-corrected chi connectivity index (χ4v) is 9.20. The van der Waals surface area contributed by atoms with Gasteiger partial charge in [-0.3, -0.25) is 9.97 Å². The lowest BCUT2D eigenvalue weighted by atomic mass is 9.84. The van der Waals surface area contributed by atoms with E-state index in [4.69, 9.17) is 4.74 Å². The van der Waals surface area contributed by atoms with Crippen LogP contribution in [-0.4, -0.2) is 106 Å². The van der Waals surface area contributed by atoms with Crippen molar-refractivity contribution < 1.29 is 58.4 Å². The van der Waals surface area contributed by atoms with Crippen LogP contribution < -0.4 is 4.90 Å². The molecule has 54 heavy (non-hydrogen) atoms. The SMILES string of the molecule is CC12CCC(/C=C/C(=C/C=C3\CCC4(C)C3=[N+](CC(O)CS(=O)(=O)[O-])c3cccnc34)OCCS(=O)(=O)[O-])=C1N(/C=C(/O)CS(=O)(=O)[O-])c1cccnc12. The summed E-state index contributed by atoms with van der Waals surface area (Å²) in [6.45, 7) is 3.29. The zero-order valence-corrected chi connectivity index (χ0v) is 31.7. The Labute approximate surface area is 313 Å². The van der Waals surface area contributed by atoms with E-state index in [1.165, 1.54) is 6.20 Å². The molecule has 0 aromatic carbocycles. The Morgan fingerprint density at radius 1 is 0.981 bits per heavy atom. The number of fused-ring (bicyclic) bond motifs is 6. The summed E-state index contributed by atoms with van der Waals surface area (Å²) < 4.78 is 110. The molecule has 4 aliphatic rings. The van der Waals surface area contributed by atoms with Crippen LogP contribution in [0.4, 0.5) is 11.4 Å². The summed E-state index contributed by atoms with van der Waals surface area (Å²) in [5, 5.41) is 21.1. The van der Waals surface area contributed by atoms with Crippen molar-refractivity contribution >= 4 is 47.4 Å². The molecule has 6 rings (SSSR count). The summed E-state index contributed by atoms with van der Waals surface area (Å²) in [5.74, 6) is -3.37. The highest BCUT2D eigenvalue weighted by Gasteiger charge is 2.55. The molecule has 0 amide bonds. The number of aromatic nitrogens is 2. The number of hydrogen-bond donors (Lipinski definition) is 2. The molecule has 2 aromatic heterocycles. The van der Waals surface area contributed by atoms with Gasteiger partial charge in [0.05, 0.1) is 54.3 Å². The minimum absolute atomic E-state index is 0.177. The van der Waals surface area contributed by atoms with Gasteiger partial charge in [-0.1, -0.05) is 6.08 Å². The third-order valence-corrected chi connectivity index (χ3v) is 12.1. The third-order valence-electron chi connectivity index (χ3n) is 10.0. The molecule has 2 aliphatic heterocycles. The molecule has 2 aliphatic carbocycles. The maximum absolute atomic E-state index is 11.4. The molecule has 3 unspecified atom stereocenters. The van der Waals surface area contributed by atoms with Gasteiger partial charge >= 0.3 is 0 Å². The predicted molar refractivity (Wildman–Crippen MR) is 193 cm³/mol. The Morgan fingerprint density at radius 3 is 2.35 bits per heavy atom. The van der Waals surface area contributed by atoms with Crippen LogP contribution in [0.1, 0.15) is 50.9 Å². The van der Waals surface area contributed by atoms with E-state index in [2.05, 4.69) is 9.97 Å². The fraction of sp³-hybridized carbons (Fsp3) is 0.400. The highest BCUT2D eigenvalue weighted by atomic mass is 32.2. The first-order valence-electron chi connectivity index (χ1n) is 16.9. The maximum Gasteiger partial charge on any atom is 0.228 e. The molecule has 4 heterocycles. The van der Waals surface area contributed by atoms with E-state index in [-0.39, 0.29) is 12.3 Å². The topological polar surface area (TPSA) is 253 Å². The number of hydrogen-bond acceptors (Lipinski definition) is 15. The first-order chi connectivity index (χ1) is 25.2. The summed E-state index contributed by atoms with van der Waals surface area (Å²) in [7, 11) is -14.1. The van der Waals surface area contributed by atoms with Gasteiger partial charge < -0.3 is 33.5 Å². The Balaban J connectivity index is 1.40. The maximum atomic E-state index is 11.4. The molecule has 0 saturated heterocycles. The fourth-order valence-electron chi connectivity index (χ4n) is 7.90. The van der Waals surface area contributed by atoms with Crippen molar-refractivity contribution in [2.75, 3.05) is 35.3 Å². The predicted octanol–water partition coefficient (Wildman–Crippen LogP) is 2.23. The summed E-state index contributed by atoms with van der Waals surface area (Å²) in [4.78, 5) is 10.8. The van der Waals surface area contributed by atoms with Gasteiger partial charge in [-0.2, -0.15) is 4.58 Å². The molecule has 3 atom stereocenters. The number of pyridine rings is 2. The average molecular weight is 803 g/mol. The Kier molecular flexibility index (Phi) is 10.6. The van der Waals surface area contributed by atoms with E-state index in [1.54, 1.807) is 70.4 Å². The highest BCUT2D eigenvalue weighted by molar-refractivity contribution is 7.86. The van der Waals surface area contributed by atoms with Gasteiger partial charge in [0.2, 0.25) is 5.69 Å². The third kappa shape index (κ3) is 8.21. The van der Waals surface area contributed by atoms with Crippen LogP contribution in [-0.2, 0) is 45.9 Å². The van der Waals surface area contributed by atoms with E-state index in [0.29, 0.717) is 48.4 Å². The quantitative estimate of drug-likeness (QED) is 0.120. The monoisotopic (exact) mass is 802 g/mol. The van der Waals surface area contributed by atoms with Crippen LogP contribution in [0, 0.1) is 0 Å². The van der Waals surface area contributed by atoms with Crippen molar-refractivity contribution in [2.24, 2.45) is 0 Å². The zero-order chi connectivity index (χ0) is 39.3. The van der Waals surface area contributed by atoms with E-state index in [1.807, 2.05) is 13.8 Å². The van der Waals surface area contributed by atoms with Crippen LogP contribution in [0.3, 0.4) is 0 Å². The number of anilines is 1. The van der Waals surface area contributed by atoms with Crippen molar-refractivity contribution in [1.82, 2.24) is 9.97 Å². The number of rotatable bonds is 14.